The summed E-state index contributed by atoms with van der Waals surface area (Å²) in [7, 11) is -0.970. The molecule has 0 saturated heterocycles. The molecule has 1 aromatic rings. The molecule has 1 atom stereocenters. The molecular formula is C11H16BrNO5S. The van der Waals surface area contributed by atoms with Crippen LogP contribution < -0.4 is 14.2 Å². The highest BCUT2D eigenvalue weighted by Crippen LogP contribution is 2.35. The third-order valence-corrected chi connectivity index (χ3v) is 4.36. The van der Waals surface area contributed by atoms with Gasteiger partial charge in [-0.2, -0.15) is 0 Å². The predicted molar refractivity (Wildman–Crippen MR) is 74.1 cm³/mol. The summed E-state index contributed by atoms with van der Waals surface area (Å²) in [4.78, 5) is -0.0456. The van der Waals surface area contributed by atoms with Gasteiger partial charge in [-0.25, -0.2) is 13.1 Å². The van der Waals surface area contributed by atoms with Gasteiger partial charge in [0.1, 0.15) is 16.4 Å². The SMILES string of the molecule is COc1cc(S(=O)(=O)NC[C@H](C)O)c(OC)cc1Br. The maximum absolute atomic E-state index is 12.1. The van der Waals surface area contributed by atoms with Crippen molar-refractivity contribution in [3.63, 3.8) is 0 Å². The lowest BCUT2D eigenvalue weighted by atomic mass is 10.3. The first-order valence-corrected chi connectivity index (χ1v) is 7.68. The zero-order valence-corrected chi connectivity index (χ0v) is 13.2. The van der Waals surface area contributed by atoms with Crippen LogP contribution in [0.1, 0.15) is 6.92 Å². The minimum Gasteiger partial charge on any atom is -0.496 e. The van der Waals surface area contributed by atoms with E-state index >= 15 is 0 Å². The van der Waals surface area contributed by atoms with Gasteiger partial charge in [0.05, 0.1) is 24.8 Å². The lowest BCUT2D eigenvalue weighted by Gasteiger charge is -2.14. The third kappa shape index (κ3) is 4.07. The van der Waals surface area contributed by atoms with Crippen molar-refractivity contribution in [1.29, 1.82) is 0 Å². The first-order valence-electron chi connectivity index (χ1n) is 5.41. The van der Waals surface area contributed by atoms with Crippen molar-refractivity contribution in [3.8, 4) is 11.5 Å². The van der Waals surface area contributed by atoms with Crippen LogP contribution in [0.2, 0.25) is 0 Å². The second kappa shape index (κ2) is 6.56. The van der Waals surface area contributed by atoms with Gasteiger partial charge in [0.25, 0.3) is 0 Å². The number of hydrogen-bond donors (Lipinski definition) is 2. The van der Waals surface area contributed by atoms with E-state index in [1.807, 2.05) is 0 Å². The number of methoxy groups -OCH3 is 2. The molecule has 0 spiro atoms. The van der Waals surface area contributed by atoms with E-state index in [-0.39, 0.29) is 17.2 Å². The highest BCUT2D eigenvalue weighted by molar-refractivity contribution is 9.10. The number of hydrogen-bond acceptors (Lipinski definition) is 5. The highest BCUT2D eigenvalue weighted by Gasteiger charge is 2.22. The molecule has 6 nitrogen and oxygen atoms in total. The molecule has 0 aliphatic carbocycles. The molecule has 0 unspecified atom stereocenters. The van der Waals surface area contributed by atoms with E-state index in [1.165, 1.54) is 33.3 Å². The van der Waals surface area contributed by atoms with E-state index in [2.05, 4.69) is 20.7 Å². The summed E-state index contributed by atoms with van der Waals surface area (Å²) < 4.78 is 37.2. The second-order valence-electron chi connectivity index (χ2n) is 3.84. The van der Waals surface area contributed by atoms with Gasteiger partial charge >= 0.3 is 0 Å². The van der Waals surface area contributed by atoms with Gasteiger partial charge in [0.2, 0.25) is 10.0 Å². The van der Waals surface area contributed by atoms with E-state index in [4.69, 9.17) is 14.6 Å². The number of sulfonamides is 1. The lowest BCUT2D eigenvalue weighted by Crippen LogP contribution is -2.30. The number of aliphatic hydroxyl groups excluding tert-OH is 1. The van der Waals surface area contributed by atoms with Crippen molar-refractivity contribution in [2.75, 3.05) is 20.8 Å². The molecule has 0 saturated carbocycles. The van der Waals surface area contributed by atoms with Crippen LogP contribution in [0.4, 0.5) is 0 Å². The predicted octanol–water partition coefficient (Wildman–Crippen LogP) is 1.13. The molecule has 0 aliphatic heterocycles. The molecule has 0 heterocycles. The second-order valence-corrected chi connectivity index (χ2v) is 6.43. The van der Waals surface area contributed by atoms with Crippen LogP contribution in [0.3, 0.4) is 0 Å². The molecule has 0 aliphatic rings. The lowest BCUT2D eigenvalue weighted by molar-refractivity contribution is 0.198. The van der Waals surface area contributed by atoms with E-state index in [0.29, 0.717) is 10.2 Å². The van der Waals surface area contributed by atoms with Gasteiger partial charge in [-0.1, -0.05) is 0 Å². The third-order valence-electron chi connectivity index (χ3n) is 2.30. The van der Waals surface area contributed by atoms with Crippen molar-refractivity contribution >= 4 is 26.0 Å². The van der Waals surface area contributed by atoms with E-state index < -0.39 is 16.1 Å². The zero-order valence-electron chi connectivity index (χ0n) is 10.8. The van der Waals surface area contributed by atoms with Crippen LogP contribution in [0.15, 0.2) is 21.5 Å². The van der Waals surface area contributed by atoms with E-state index in [1.54, 1.807) is 0 Å². The molecule has 0 aromatic heterocycles. The average Bonchev–Trinajstić information content (AvgIpc) is 2.35. The summed E-state index contributed by atoms with van der Waals surface area (Å²) in [6, 6.07) is 2.86. The molecule has 19 heavy (non-hydrogen) atoms. The van der Waals surface area contributed by atoms with Crippen molar-refractivity contribution < 1.29 is 23.0 Å². The van der Waals surface area contributed by atoms with Crippen LogP contribution in [0, 0.1) is 0 Å². The van der Waals surface area contributed by atoms with Gasteiger partial charge in [-0.15, -0.1) is 0 Å². The molecule has 0 radical (unpaired) electrons. The molecule has 0 bridgehead atoms. The minimum atomic E-state index is -3.78. The van der Waals surface area contributed by atoms with Crippen LogP contribution in [0.5, 0.6) is 11.5 Å². The fraction of sp³-hybridized carbons (Fsp3) is 0.455. The summed E-state index contributed by atoms with van der Waals surface area (Å²) >= 11 is 3.25. The van der Waals surface area contributed by atoms with Crippen molar-refractivity contribution in [2.24, 2.45) is 0 Å². The normalized spacial score (nSPS) is 13.1. The fourth-order valence-electron chi connectivity index (χ4n) is 1.35. The van der Waals surface area contributed by atoms with Gasteiger partial charge in [-0.3, -0.25) is 0 Å². The van der Waals surface area contributed by atoms with Crippen molar-refractivity contribution in [2.45, 2.75) is 17.9 Å². The summed E-state index contributed by atoms with van der Waals surface area (Å²) in [6.07, 6.45) is -0.780. The monoisotopic (exact) mass is 353 g/mol. The Bertz CT molecular complexity index is 544. The molecule has 2 N–H and O–H groups in total. The minimum absolute atomic E-state index is 0.0456. The number of benzene rings is 1. The zero-order chi connectivity index (χ0) is 14.6. The highest BCUT2D eigenvalue weighted by atomic mass is 79.9. The Morgan fingerprint density at radius 3 is 2.37 bits per heavy atom. The molecule has 1 rings (SSSR count). The summed E-state index contributed by atoms with van der Waals surface area (Å²) in [5.74, 6) is 0.559. The Morgan fingerprint density at radius 1 is 1.32 bits per heavy atom. The standard InChI is InChI=1S/C11H16BrNO5S/c1-7(14)6-13-19(15,16)11-5-9(17-2)8(12)4-10(11)18-3/h4-5,7,13-14H,6H2,1-3H3/t7-/m0/s1. The number of ether oxygens (including phenoxy) is 2. The number of halogens is 1. The Hall–Kier alpha value is -0.830. The smallest absolute Gasteiger partial charge is 0.244 e. The Kier molecular flexibility index (Phi) is 5.60. The number of aliphatic hydroxyl groups is 1. The van der Waals surface area contributed by atoms with Crippen LogP contribution in [0.25, 0.3) is 0 Å². The van der Waals surface area contributed by atoms with Crippen molar-refractivity contribution in [3.05, 3.63) is 16.6 Å². The molecule has 8 heteroatoms. The summed E-state index contributed by atoms with van der Waals surface area (Å²) in [5, 5.41) is 9.14. The fourth-order valence-corrected chi connectivity index (χ4v) is 3.12. The van der Waals surface area contributed by atoms with E-state index in [0.717, 1.165) is 0 Å². The maximum atomic E-state index is 12.1. The topological polar surface area (TPSA) is 84.9 Å². The van der Waals surface area contributed by atoms with Crippen molar-refractivity contribution in [1.82, 2.24) is 4.72 Å². The number of nitrogens with one attached hydrogen (secondary N) is 1. The quantitative estimate of drug-likeness (QED) is 0.800. The first-order chi connectivity index (χ1) is 8.81. The largest absolute Gasteiger partial charge is 0.496 e. The Balaban J connectivity index is 3.24. The average molecular weight is 354 g/mol. The van der Waals surface area contributed by atoms with Gasteiger partial charge in [0.15, 0.2) is 0 Å². The van der Waals surface area contributed by atoms with Gasteiger partial charge in [-0.05, 0) is 28.9 Å². The first kappa shape index (κ1) is 16.2. The van der Waals surface area contributed by atoms with Crippen LogP contribution >= 0.6 is 15.9 Å². The van der Waals surface area contributed by atoms with Gasteiger partial charge < -0.3 is 14.6 Å². The van der Waals surface area contributed by atoms with Gasteiger partial charge in [0, 0.05) is 12.6 Å². The molecule has 108 valence electrons. The van der Waals surface area contributed by atoms with E-state index in [9.17, 15) is 8.42 Å². The van der Waals surface area contributed by atoms with Crippen LogP contribution in [-0.4, -0.2) is 40.4 Å². The molecule has 1 aromatic carbocycles. The molecular weight excluding hydrogens is 338 g/mol. The molecule has 0 amide bonds. The molecule has 0 fully saturated rings. The summed E-state index contributed by atoms with van der Waals surface area (Å²) in [5.41, 5.74) is 0. The Labute approximate surface area is 120 Å². The summed E-state index contributed by atoms with van der Waals surface area (Å²) in [6.45, 7) is 1.41. The maximum Gasteiger partial charge on any atom is 0.244 e. The van der Waals surface area contributed by atoms with Crippen LogP contribution in [-0.2, 0) is 10.0 Å². The Morgan fingerprint density at radius 2 is 1.89 bits per heavy atom. The number of rotatable bonds is 6.